The Morgan fingerprint density at radius 2 is 1.88 bits per heavy atom. The Morgan fingerprint density at radius 1 is 1.25 bits per heavy atom. The molecule has 2 fully saturated rings. The van der Waals surface area contributed by atoms with Gasteiger partial charge in [-0.15, -0.1) is 0 Å². The maximum atomic E-state index is 12.5. The lowest BCUT2D eigenvalue weighted by molar-refractivity contribution is -0.134. The second-order valence-electron chi connectivity index (χ2n) is 7.49. The fraction of sp³-hybridized carbons (Fsp3) is 0.889. The van der Waals surface area contributed by atoms with E-state index < -0.39 is 0 Å². The molecule has 2 aliphatic heterocycles. The summed E-state index contributed by atoms with van der Waals surface area (Å²) >= 11 is 0. The predicted octanol–water partition coefficient (Wildman–Crippen LogP) is 1.04. The van der Waals surface area contributed by atoms with Crippen molar-refractivity contribution in [2.75, 3.05) is 59.5 Å². The average molecular weight is 336 g/mol. The van der Waals surface area contributed by atoms with E-state index in [1.807, 2.05) is 11.9 Å². The van der Waals surface area contributed by atoms with Gasteiger partial charge in [-0.25, -0.2) is 0 Å². The summed E-state index contributed by atoms with van der Waals surface area (Å²) in [5, 5.41) is 9.31. The number of likely N-dealkylation sites (N-methyl/N-ethyl adjacent to an activating group) is 1. The van der Waals surface area contributed by atoms with Crippen LogP contribution >= 0.6 is 0 Å². The molecule has 6 nitrogen and oxygen atoms in total. The van der Waals surface area contributed by atoms with Crippen LogP contribution in [0.3, 0.4) is 0 Å². The Hall–Kier alpha value is -1.16. The Kier molecular flexibility index (Phi) is 7.47. The van der Waals surface area contributed by atoms with Crippen LogP contribution in [0, 0.1) is 23.2 Å². The van der Waals surface area contributed by atoms with Crippen molar-refractivity contribution in [2.45, 2.75) is 32.7 Å². The van der Waals surface area contributed by atoms with Crippen LogP contribution < -0.4 is 0 Å². The Labute approximate surface area is 146 Å². The van der Waals surface area contributed by atoms with Gasteiger partial charge in [-0.1, -0.05) is 13.8 Å². The number of nitrogens with zero attached hydrogens (tertiary/aromatic N) is 4. The summed E-state index contributed by atoms with van der Waals surface area (Å²) in [6, 6.07) is 2.35. The molecule has 1 unspecified atom stereocenters. The van der Waals surface area contributed by atoms with Crippen molar-refractivity contribution in [3.63, 3.8) is 0 Å². The lowest BCUT2D eigenvalue weighted by Crippen LogP contribution is -2.54. The van der Waals surface area contributed by atoms with Crippen LogP contribution in [0.4, 0.5) is 0 Å². The minimum atomic E-state index is -0.0431. The maximum Gasteiger partial charge on any atom is 0.236 e. The van der Waals surface area contributed by atoms with E-state index in [2.05, 4.69) is 29.7 Å². The van der Waals surface area contributed by atoms with E-state index in [0.717, 1.165) is 58.8 Å². The molecule has 0 aliphatic carbocycles. The molecule has 0 aromatic carbocycles. The Morgan fingerprint density at radius 3 is 2.42 bits per heavy atom. The monoisotopic (exact) mass is 336 g/mol. The minimum Gasteiger partial charge on any atom is -0.381 e. The highest BCUT2D eigenvalue weighted by molar-refractivity contribution is 5.78. The highest BCUT2D eigenvalue weighted by atomic mass is 16.5. The molecule has 0 bridgehead atoms. The second kappa shape index (κ2) is 9.36. The zero-order chi connectivity index (χ0) is 17.5. The summed E-state index contributed by atoms with van der Waals surface area (Å²) in [5.74, 6) is 1.18. The third kappa shape index (κ3) is 5.44. The standard InChI is InChI=1S/C18H32N4O2/c1-15(2)17(12-19)21-6-8-22(9-7-21)18(23)14-20(3)13-16-4-10-24-11-5-16/h15-17H,4-11,13-14H2,1-3H3. The quantitative estimate of drug-likeness (QED) is 0.725. The zero-order valence-electron chi connectivity index (χ0n) is 15.4. The molecule has 0 saturated carbocycles. The highest BCUT2D eigenvalue weighted by Gasteiger charge is 2.28. The first kappa shape index (κ1) is 19.2. The lowest BCUT2D eigenvalue weighted by atomic mass is 10.00. The van der Waals surface area contributed by atoms with E-state index in [-0.39, 0.29) is 11.9 Å². The van der Waals surface area contributed by atoms with Gasteiger partial charge in [0.25, 0.3) is 0 Å². The molecule has 0 radical (unpaired) electrons. The van der Waals surface area contributed by atoms with Gasteiger partial charge in [0, 0.05) is 45.9 Å². The van der Waals surface area contributed by atoms with Gasteiger partial charge in [0.15, 0.2) is 0 Å². The van der Waals surface area contributed by atoms with Crippen molar-refractivity contribution < 1.29 is 9.53 Å². The summed E-state index contributed by atoms with van der Waals surface area (Å²) < 4.78 is 5.39. The van der Waals surface area contributed by atoms with Crippen LogP contribution in [0.15, 0.2) is 0 Å². The molecule has 2 saturated heterocycles. The van der Waals surface area contributed by atoms with Gasteiger partial charge < -0.3 is 9.64 Å². The molecule has 2 aliphatic rings. The number of hydrogen-bond donors (Lipinski definition) is 0. The summed E-state index contributed by atoms with van der Waals surface area (Å²) in [4.78, 5) is 18.8. The van der Waals surface area contributed by atoms with Crippen LogP contribution in [0.5, 0.6) is 0 Å². The van der Waals surface area contributed by atoms with E-state index in [9.17, 15) is 10.1 Å². The van der Waals surface area contributed by atoms with Crippen molar-refractivity contribution in [2.24, 2.45) is 11.8 Å². The molecule has 1 atom stereocenters. The van der Waals surface area contributed by atoms with E-state index >= 15 is 0 Å². The number of piperazine rings is 1. The molecular weight excluding hydrogens is 304 g/mol. The number of hydrogen-bond acceptors (Lipinski definition) is 5. The number of ether oxygens (including phenoxy) is 1. The smallest absolute Gasteiger partial charge is 0.236 e. The largest absolute Gasteiger partial charge is 0.381 e. The van der Waals surface area contributed by atoms with Crippen molar-refractivity contribution in [3.8, 4) is 6.07 Å². The summed E-state index contributed by atoms with van der Waals surface area (Å²) in [6.45, 7) is 10.4. The summed E-state index contributed by atoms with van der Waals surface area (Å²) in [5.41, 5.74) is 0. The molecule has 6 heteroatoms. The van der Waals surface area contributed by atoms with Crippen molar-refractivity contribution in [3.05, 3.63) is 0 Å². The summed E-state index contributed by atoms with van der Waals surface area (Å²) in [6.07, 6.45) is 2.20. The van der Waals surface area contributed by atoms with Gasteiger partial charge in [-0.3, -0.25) is 14.6 Å². The number of nitriles is 1. The third-order valence-corrected chi connectivity index (χ3v) is 5.14. The zero-order valence-corrected chi connectivity index (χ0v) is 15.4. The topological polar surface area (TPSA) is 59.8 Å². The van der Waals surface area contributed by atoms with E-state index in [0.29, 0.717) is 18.4 Å². The highest BCUT2D eigenvalue weighted by Crippen LogP contribution is 2.16. The lowest BCUT2D eigenvalue weighted by Gasteiger charge is -2.38. The summed E-state index contributed by atoms with van der Waals surface area (Å²) in [7, 11) is 2.04. The molecule has 0 N–H and O–H groups in total. The number of carbonyl (C=O) groups excluding carboxylic acids is 1. The first-order chi connectivity index (χ1) is 11.5. The second-order valence-corrected chi connectivity index (χ2v) is 7.49. The van der Waals surface area contributed by atoms with Gasteiger partial charge >= 0.3 is 0 Å². The normalized spacial score (nSPS) is 21.9. The molecule has 0 aromatic rings. The van der Waals surface area contributed by atoms with Crippen LogP contribution in [0.2, 0.25) is 0 Å². The minimum absolute atomic E-state index is 0.0431. The third-order valence-electron chi connectivity index (χ3n) is 5.14. The van der Waals surface area contributed by atoms with Crippen LogP contribution in [0.25, 0.3) is 0 Å². The first-order valence-corrected chi connectivity index (χ1v) is 9.19. The van der Waals surface area contributed by atoms with Gasteiger partial charge in [0.1, 0.15) is 6.04 Å². The van der Waals surface area contributed by atoms with E-state index in [1.54, 1.807) is 0 Å². The molecule has 136 valence electrons. The average Bonchev–Trinajstić information content (AvgIpc) is 2.56. The Bertz CT molecular complexity index is 435. The molecule has 24 heavy (non-hydrogen) atoms. The van der Waals surface area contributed by atoms with Crippen molar-refractivity contribution in [1.29, 1.82) is 5.26 Å². The SMILES string of the molecule is CC(C)C(C#N)N1CCN(C(=O)CN(C)CC2CCOCC2)CC1. The molecule has 1 amide bonds. The van der Waals surface area contributed by atoms with Crippen LogP contribution in [-0.2, 0) is 9.53 Å². The van der Waals surface area contributed by atoms with Gasteiger partial charge in [0.2, 0.25) is 5.91 Å². The van der Waals surface area contributed by atoms with Gasteiger partial charge in [-0.2, -0.15) is 5.26 Å². The van der Waals surface area contributed by atoms with Crippen LogP contribution in [0.1, 0.15) is 26.7 Å². The number of amides is 1. The number of rotatable bonds is 6. The van der Waals surface area contributed by atoms with E-state index in [1.165, 1.54) is 0 Å². The molecule has 2 heterocycles. The van der Waals surface area contributed by atoms with Crippen molar-refractivity contribution >= 4 is 5.91 Å². The molecular formula is C18H32N4O2. The maximum absolute atomic E-state index is 12.5. The first-order valence-electron chi connectivity index (χ1n) is 9.19. The van der Waals surface area contributed by atoms with Crippen molar-refractivity contribution in [1.82, 2.24) is 14.7 Å². The fourth-order valence-corrected chi connectivity index (χ4v) is 3.67. The van der Waals surface area contributed by atoms with Gasteiger partial charge in [0.05, 0.1) is 12.6 Å². The molecule has 0 spiro atoms. The fourth-order valence-electron chi connectivity index (χ4n) is 3.67. The molecule has 2 rings (SSSR count). The molecule has 0 aromatic heterocycles. The predicted molar refractivity (Wildman–Crippen MR) is 93.4 cm³/mol. The Balaban J connectivity index is 1.73. The number of carbonyl (C=O) groups is 1. The van der Waals surface area contributed by atoms with Crippen LogP contribution in [-0.4, -0.2) is 86.2 Å². The van der Waals surface area contributed by atoms with Gasteiger partial charge in [-0.05, 0) is 31.7 Å². The van der Waals surface area contributed by atoms with E-state index in [4.69, 9.17) is 4.74 Å².